The van der Waals surface area contributed by atoms with Crippen molar-refractivity contribution < 1.29 is 45.0 Å². The van der Waals surface area contributed by atoms with Gasteiger partial charge in [0.25, 0.3) is 10.0 Å². The number of halogens is 5. The largest absolute Gasteiger partial charge is 0.478 e. The summed E-state index contributed by atoms with van der Waals surface area (Å²) in [4.78, 5) is 11.7. The lowest BCUT2D eigenvalue weighted by atomic mass is 9.89. The van der Waals surface area contributed by atoms with Gasteiger partial charge >= 0.3 is 12.1 Å². The van der Waals surface area contributed by atoms with E-state index >= 15 is 0 Å². The predicted octanol–water partition coefficient (Wildman–Crippen LogP) is 3.46. The maximum Gasteiger partial charge on any atom is 0.416 e. The van der Waals surface area contributed by atoms with E-state index in [0.717, 1.165) is 28.5 Å². The summed E-state index contributed by atoms with van der Waals surface area (Å²) in [6, 6.07) is 8.52. The van der Waals surface area contributed by atoms with Crippen LogP contribution in [-0.2, 0) is 27.8 Å². The van der Waals surface area contributed by atoms with Gasteiger partial charge in [-0.1, -0.05) is 18.2 Å². The van der Waals surface area contributed by atoms with Crippen molar-refractivity contribution in [2.75, 3.05) is 6.26 Å². The third kappa shape index (κ3) is 6.49. The lowest BCUT2D eigenvalue weighted by molar-refractivity contribution is -0.269. The molecule has 0 saturated carbocycles. The molecule has 3 heterocycles. The van der Waals surface area contributed by atoms with E-state index in [1.165, 1.54) is 11.1 Å². The summed E-state index contributed by atoms with van der Waals surface area (Å²) < 4.78 is 98.6. The Labute approximate surface area is 226 Å². The number of aromatic carboxylic acids is 1. The maximum atomic E-state index is 14.2. The number of carboxylic acids is 1. The second-order valence-corrected chi connectivity index (χ2v) is 11.3. The summed E-state index contributed by atoms with van der Waals surface area (Å²) in [7, 11) is -3.62. The Morgan fingerprint density at radius 3 is 2.35 bits per heavy atom. The van der Waals surface area contributed by atoms with Gasteiger partial charge in [0.15, 0.2) is 6.10 Å². The highest BCUT2D eigenvalue weighted by Gasteiger charge is 2.54. The van der Waals surface area contributed by atoms with Gasteiger partial charge in [0.05, 0.1) is 17.5 Å². The van der Waals surface area contributed by atoms with Crippen LogP contribution in [0.25, 0.3) is 0 Å². The maximum absolute atomic E-state index is 14.2. The Morgan fingerprint density at radius 2 is 1.80 bits per heavy atom. The Morgan fingerprint density at radius 1 is 1.12 bits per heavy atom. The molecule has 0 radical (unpaired) electrons. The van der Waals surface area contributed by atoms with Crippen LogP contribution >= 0.6 is 0 Å². The number of hydrogen-bond acceptors (Lipinski definition) is 7. The molecule has 15 heteroatoms. The fourth-order valence-electron chi connectivity index (χ4n) is 4.69. The van der Waals surface area contributed by atoms with E-state index in [1.54, 1.807) is 30.3 Å². The topological polar surface area (TPSA) is 128 Å². The molecule has 3 N–H and O–H groups in total. The van der Waals surface area contributed by atoms with Gasteiger partial charge in [-0.2, -0.15) is 22.4 Å². The third-order valence-corrected chi connectivity index (χ3v) is 7.41. The van der Waals surface area contributed by atoms with Gasteiger partial charge in [0.2, 0.25) is 0 Å². The number of ether oxygens (including phenoxy) is 1. The van der Waals surface area contributed by atoms with E-state index in [0.29, 0.717) is 16.8 Å². The molecule has 1 saturated heterocycles. The molecule has 216 valence electrons. The highest BCUT2D eigenvalue weighted by Crippen LogP contribution is 2.42. The van der Waals surface area contributed by atoms with Gasteiger partial charge in [-0.15, -0.1) is 0 Å². The van der Waals surface area contributed by atoms with Crippen LogP contribution in [0.5, 0.6) is 0 Å². The number of rotatable bonds is 4. The molecular formula is C25H25F5N4O5S. The lowest BCUT2D eigenvalue weighted by Crippen LogP contribution is -2.58. The van der Waals surface area contributed by atoms with E-state index in [-0.39, 0.29) is 25.1 Å². The van der Waals surface area contributed by atoms with Gasteiger partial charge in [-0.3, -0.25) is 4.90 Å². The van der Waals surface area contributed by atoms with Crippen molar-refractivity contribution in [1.29, 1.82) is 0 Å². The number of fused-ring (bicyclic) bond motifs is 1. The quantitative estimate of drug-likeness (QED) is 0.444. The summed E-state index contributed by atoms with van der Waals surface area (Å²) >= 11 is 0. The SMILES string of the molecule is CS(=O)(=O)n1cc2c(n1)CN([C@@H]1C[C@H](N)[C@@H](c3cc(F)ccc3F)O[C@@H]1C(F)(F)F)C2.O=C(O)c1ccccc1. The molecule has 2 aliphatic rings. The highest BCUT2D eigenvalue weighted by atomic mass is 32.2. The average molecular weight is 589 g/mol. The first-order valence-electron chi connectivity index (χ1n) is 11.9. The first-order chi connectivity index (χ1) is 18.6. The Hall–Kier alpha value is -3.40. The standard InChI is InChI=1S/C18H19F5N4O3S.C7H6O2/c1-31(28,29)27-7-9-6-26(8-14(9)25-27)15-5-13(24)16(30-17(15)18(21,22)23)11-4-10(19)2-3-12(11)20;8-7(9)6-4-2-1-3-5-6/h2-4,7,13,15-17H,5-6,8,24H2,1H3;1-5H,(H,8,9)/t13-,15+,16+,17-;/m0./s1. The second-order valence-electron chi connectivity index (χ2n) is 9.46. The number of hydrogen-bond donors (Lipinski definition) is 2. The Bertz CT molecular complexity index is 1460. The van der Waals surface area contributed by atoms with E-state index in [4.69, 9.17) is 15.6 Å². The lowest BCUT2D eigenvalue weighted by Gasteiger charge is -2.44. The molecule has 5 rings (SSSR count). The number of nitrogens with two attached hydrogens (primary N) is 1. The van der Waals surface area contributed by atoms with Crippen LogP contribution in [0, 0.1) is 11.6 Å². The van der Waals surface area contributed by atoms with Gasteiger partial charge < -0.3 is 15.6 Å². The average Bonchev–Trinajstić information content (AvgIpc) is 3.46. The van der Waals surface area contributed by atoms with Crippen LogP contribution < -0.4 is 5.73 Å². The zero-order valence-electron chi connectivity index (χ0n) is 20.9. The molecule has 1 fully saturated rings. The van der Waals surface area contributed by atoms with Crippen molar-refractivity contribution >= 4 is 16.0 Å². The Balaban J connectivity index is 0.000000350. The molecule has 1 aromatic heterocycles. The molecule has 4 atom stereocenters. The molecule has 2 aromatic carbocycles. The summed E-state index contributed by atoms with van der Waals surface area (Å²) in [6.07, 6.45) is -6.53. The fraction of sp³-hybridized carbons (Fsp3) is 0.360. The molecule has 0 aliphatic carbocycles. The van der Waals surface area contributed by atoms with Gasteiger partial charge in [-0.25, -0.2) is 22.0 Å². The van der Waals surface area contributed by atoms with Crippen molar-refractivity contribution in [3.8, 4) is 0 Å². The van der Waals surface area contributed by atoms with Crippen molar-refractivity contribution in [2.45, 2.75) is 50.0 Å². The zero-order chi connectivity index (χ0) is 29.4. The number of carbonyl (C=O) groups is 1. The first-order valence-corrected chi connectivity index (χ1v) is 13.7. The summed E-state index contributed by atoms with van der Waals surface area (Å²) in [6.45, 7) is 0.00134. The van der Waals surface area contributed by atoms with Crippen LogP contribution in [-0.4, -0.2) is 64.2 Å². The molecule has 2 aliphatic heterocycles. The number of alkyl halides is 3. The fourth-order valence-corrected chi connectivity index (χ4v) is 5.25. The van der Waals surface area contributed by atoms with Crippen LogP contribution in [0.1, 0.15) is 39.7 Å². The van der Waals surface area contributed by atoms with Gasteiger partial charge in [0.1, 0.15) is 17.7 Å². The number of nitrogens with zero attached hydrogens (tertiary/aromatic N) is 3. The van der Waals surface area contributed by atoms with E-state index in [2.05, 4.69) is 5.10 Å². The number of aromatic nitrogens is 2. The van der Waals surface area contributed by atoms with Crippen LogP contribution in [0.3, 0.4) is 0 Å². The normalized spacial score (nSPS) is 23.3. The zero-order valence-corrected chi connectivity index (χ0v) is 21.7. The van der Waals surface area contributed by atoms with Gasteiger partial charge in [-0.05, 0) is 36.8 Å². The minimum absolute atomic E-state index is 0.0236. The van der Waals surface area contributed by atoms with Crippen LogP contribution in [0.4, 0.5) is 22.0 Å². The monoisotopic (exact) mass is 588 g/mol. The highest BCUT2D eigenvalue weighted by molar-refractivity contribution is 7.89. The predicted molar refractivity (Wildman–Crippen MR) is 132 cm³/mol. The smallest absolute Gasteiger partial charge is 0.416 e. The summed E-state index contributed by atoms with van der Waals surface area (Å²) in [5.74, 6) is -2.60. The molecule has 0 bridgehead atoms. The third-order valence-electron chi connectivity index (χ3n) is 6.54. The molecule has 0 amide bonds. The number of benzene rings is 2. The van der Waals surface area contributed by atoms with Crippen LogP contribution in [0.15, 0.2) is 54.7 Å². The Kier molecular flexibility index (Phi) is 8.31. The molecule has 3 aromatic rings. The van der Waals surface area contributed by atoms with Crippen molar-refractivity contribution in [2.24, 2.45) is 5.73 Å². The first kappa shape index (κ1) is 29.6. The molecular weight excluding hydrogens is 563 g/mol. The molecule has 40 heavy (non-hydrogen) atoms. The molecule has 0 unspecified atom stereocenters. The molecule has 9 nitrogen and oxygen atoms in total. The van der Waals surface area contributed by atoms with E-state index < -0.39 is 58.1 Å². The molecule has 0 spiro atoms. The minimum Gasteiger partial charge on any atom is -0.478 e. The van der Waals surface area contributed by atoms with E-state index in [9.17, 15) is 35.2 Å². The van der Waals surface area contributed by atoms with Gasteiger partial charge in [0, 0.05) is 42.5 Å². The van der Waals surface area contributed by atoms with Crippen LogP contribution in [0.2, 0.25) is 0 Å². The summed E-state index contributed by atoms with van der Waals surface area (Å²) in [5, 5.41) is 12.3. The van der Waals surface area contributed by atoms with Crippen molar-refractivity contribution in [3.63, 3.8) is 0 Å². The number of carboxylic acid groups (broad SMARTS) is 1. The van der Waals surface area contributed by atoms with E-state index in [1.807, 2.05) is 0 Å². The second kappa shape index (κ2) is 11.2. The minimum atomic E-state index is -4.79. The summed E-state index contributed by atoms with van der Waals surface area (Å²) in [5.41, 5.74) is 6.84. The van der Waals surface area contributed by atoms with Crippen molar-refractivity contribution in [3.05, 3.63) is 88.7 Å². The van der Waals surface area contributed by atoms with Crippen molar-refractivity contribution in [1.82, 2.24) is 14.1 Å².